The van der Waals surface area contributed by atoms with Crippen molar-refractivity contribution in [3.8, 4) is 11.8 Å². The third-order valence-electron chi connectivity index (χ3n) is 2.53. The summed E-state index contributed by atoms with van der Waals surface area (Å²) >= 11 is 0. The molecule has 0 saturated heterocycles. The largest absolute Gasteiger partial charge is 0.244 e. The molecule has 0 spiro atoms. The van der Waals surface area contributed by atoms with Gasteiger partial charge in [-0.15, -0.1) is 0 Å². The third-order valence-corrected chi connectivity index (χ3v) is 2.53. The van der Waals surface area contributed by atoms with Gasteiger partial charge in [0.1, 0.15) is 11.5 Å². The Morgan fingerprint density at radius 2 is 1.74 bits per heavy atom. The van der Waals surface area contributed by atoms with Gasteiger partial charge in [0.2, 0.25) is 0 Å². The van der Waals surface area contributed by atoms with Crippen molar-refractivity contribution in [2.24, 2.45) is 0 Å². The number of benzene rings is 1. The van der Waals surface area contributed by atoms with Crippen molar-refractivity contribution in [3.05, 3.63) is 64.7 Å². The van der Waals surface area contributed by atoms with Crippen LogP contribution in [0.25, 0.3) is 0 Å². The van der Waals surface area contributed by atoms with Crippen molar-refractivity contribution in [2.75, 3.05) is 0 Å². The smallest absolute Gasteiger partial charge is 0.177 e. The SMILES string of the molecule is CCc1cccc(C#Cc2c(F)ccc(F)c2F)n1. The van der Waals surface area contributed by atoms with Gasteiger partial charge in [0.15, 0.2) is 11.6 Å². The van der Waals surface area contributed by atoms with Crippen LogP contribution in [-0.4, -0.2) is 4.98 Å². The Morgan fingerprint density at radius 1 is 1.00 bits per heavy atom. The number of nitrogens with zero attached hydrogens (tertiary/aromatic N) is 1. The summed E-state index contributed by atoms with van der Waals surface area (Å²) < 4.78 is 39.7. The number of aryl methyl sites for hydroxylation is 1. The van der Waals surface area contributed by atoms with E-state index in [1.54, 1.807) is 12.1 Å². The molecule has 0 fully saturated rings. The monoisotopic (exact) mass is 261 g/mol. The van der Waals surface area contributed by atoms with Gasteiger partial charge in [-0.05, 0) is 36.6 Å². The van der Waals surface area contributed by atoms with Gasteiger partial charge in [-0.3, -0.25) is 0 Å². The van der Waals surface area contributed by atoms with Crippen LogP contribution in [0.1, 0.15) is 23.9 Å². The van der Waals surface area contributed by atoms with Crippen molar-refractivity contribution in [1.29, 1.82) is 0 Å². The number of pyridine rings is 1. The van der Waals surface area contributed by atoms with E-state index in [9.17, 15) is 13.2 Å². The Morgan fingerprint density at radius 3 is 2.47 bits per heavy atom. The average molecular weight is 261 g/mol. The van der Waals surface area contributed by atoms with Crippen LogP contribution in [0.15, 0.2) is 30.3 Å². The van der Waals surface area contributed by atoms with E-state index in [0.717, 1.165) is 24.2 Å². The lowest BCUT2D eigenvalue weighted by molar-refractivity contribution is 0.491. The molecular formula is C15H10F3N. The molecule has 0 amide bonds. The second kappa shape index (κ2) is 5.57. The van der Waals surface area contributed by atoms with Crippen LogP contribution < -0.4 is 0 Å². The minimum absolute atomic E-state index is 0.391. The summed E-state index contributed by atoms with van der Waals surface area (Å²) in [6.45, 7) is 1.94. The van der Waals surface area contributed by atoms with E-state index >= 15 is 0 Å². The van der Waals surface area contributed by atoms with Gasteiger partial charge >= 0.3 is 0 Å². The van der Waals surface area contributed by atoms with Gasteiger partial charge in [-0.2, -0.15) is 0 Å². The first-order valence-electron chi connectivity index (χ1n) is 5.73. The first-order valence-corrected chi connectivity index (χ1v) is 5.73. The highest BCUT2D eigenvalue weighted by Gasteiger charge is 2.11. The summed E-state index contributed by atoms with van der Waals surface area (Å²) in [5.41, 5.74) is 0.637. The van der Waals surface area contributed by atoms with Crippen LogP contribution in [-0.2, 0) is 6.42 Å². The molecule has 1 nitrogen and oxygen atoms in total. The average Bonchev–Trinajstić information content (AvgIpc) is 2.43. The molecule has 0 radical (unpaired) electrons. The highest BCUT2D eigenvalue weighted by molar-refractivity contribution is 5.42. The van der Waals surface area contributed by atoms with Crippen LogP contribution in [0, 0.1) is 29.3 Å². The van der Waals surface area contributed by atoms with Gasteiger partial charge in [0.25, 0.3) is 0 Å². The molecule has 0 saturated carbocycles. The molecule has 96 valence electrons. The summed E-state index contributed by atoms with van der Waals surface area (Å²) in [7, 11) is 0. The molecule has 0 bridgehead atoms. The maximum absolute atomic E-state index is 13.4. The second-order valence-electron chi connectivity index (χ2n) is 3.84. The number of aromatic nitrogens is 1. The lowest BCUT2D eigenvalue weighted by Crippen LogP contribution is -1.95. The normalized spacial score (nSPS) is 9.89. The molecule has 2 aromatic rings. The molecule has 2 rings (SSSR count). The molecule has 1 aromatic heterocycles. The minimum atomic E-state index is -1.28. The Labute approximate surface area is 109 Å². The standard InChI is InChI=1S/C15H10F3N/c1-2-10-4-3-5-11(19-10)6-7-12-13(16)8-9-14(17)15(12)18/h3-5,8-9H,2H2,1H3. The Balaban J connectivity index is 2.42. The van der Waals surface area contributed by atoms with Gasteiger partial charge < -0.3 is 0 Å². The molecule has 0 N–H and O–H groups in total. The van der Waals surface area contributed by atoms with Crippen molar-refractivity contribution < 1.29 is 13.2 Å². The summed E-state index contributed by atoms with van der Waals surface area (Å²) in [5.74, 6) is 1.53. The Kier molecular flexibility index (Phi) is 3.86. The van der Waals surface area contributed by atoms with Crippen LogP contribution in [0.2, 0.25) is 0 Å². The maximum atomic E-state index is 13.4. The van der Waals surface area contributed by atoms with Gasteiger partial charge in [-0.25, -0.2) is 18.2 Å². The summed E-state index contributed by atoms with van der Waals surface area (Å²) in [5, 5.41) is 0. The van der Waals surface area contributed by atoms with E-state index in [1.807, 2.05) is 13.0 Å². The van der Waals surface area contributed by atoms with E-state index < -0.39 is 23.0 Å². The number of hydrogen-bond donors (Lipinski definition) is 0. The molecule has 0 aliphatic rings. The van der Waals surface area contributed by atoms with E-state index in [0.29, 0.717) is 5.69 Å². The topological polar surface area (TPSA) is 12.9 Å². The zero-order valence-electron chi connectivity index (χ0n) is 10.2. The quantitative estimate of drug-likeness (QED) is 0.566. The zero-order valence-corrected chi connectivity index (χ0v) is 10.2. The molecule has 0 aliphatic carbocycles. The molecule has 0 aliphatic heterocycles. The Bertz CT molecular complexity index is 669. The summed E-state index contributed by atoms with van der Waals surface area (Å²) in [6.07, 6.45) is 0.734. The predicted molar refractivity (Wildman–Crippen MR) is 65.9 cm³/mol. The maximum Gasteiger partial charge on any atom is 0.177 e. The molecule has 4 heteroatoms. The van der Waals surface area contributed by atoms with E-state index in [4.69, 9.17) is 0 Å². The van der Waals surface area contributed by atoms with Gasteiger partial charge in [-0.1, -0.05) is 18.9 Å². The first-order chi connectivity index (χ1) is 9.11. The van der Waals surface area contributed by atoms with E-state index in [1.165, 1.54) is 0 Å². The third kappa shape index (κ3) is 2.94. The number of halogens is 3. The molecule has 1 aromatic carbocycles. The molecule has 1 heterocycles. The van der Waals surface area contributed by atoms with Crippen LogP contribution in [0.4, 0.5) is 13.2 Å². The van der Waals surface area contributed by atoms with Crippen molar-refractivity contribution in [1.82, 2.24) is 4.98 Å². The number of rotatable bonds is 1. The molecule has 0 atom stereocenters. The Hall–Kier alpha value is -2.28. The second-order valence-corrected chi connectivity index (χ2v) is 3.84. The lowest BCUT2D eigenvalue weighted by Gasteiger charge is -1.98. The van der Waals surface area contributed by atoms with Crippen LogP contribution >= 0.6 is 0 Å². The first kappa shape index (κ1) is 13.2. The minimum Gasteiger partial charge on any atom is -0.244 e. The fourth-order valence-electron chi connectivity index (χ4n) is 1.51. The summed E-state index contributed by atoms with van der Waals surface area (Å²) in [6, 6.07) is 6.79. The zero-order chi connectivity index (χ0) is 13.8. The van der Waals surface area contributed by atoms with Crippen molar-refractivity contribution in [2.45, 2.75) is 13.3 Å². The van der Waals surface area contributed by atoms with E-state index in [-0.39, 0.29) is 0 Å². The summed E-state index contributed by atoms with van der Waals surface area (Å²) in [4.78, 5) is 4.18. The molecule has 19 heavy (non-hydrogen) atoms. The molecular weight excluding hydrogens is 251 g/mol. The van der Waals surface area contributed by atoms with Gasteiger partial charge in [0, 0.05) is 5.69 Å². The lowest BCUT2D eigenvalue weighted by atomic mass is 10.2. The fraction of sp³-hybridized carbons (Fsp3) is 0.133. The highest BCUT2D eigenvalue weighted by atomic mass is 19.2. The number of hydrogen-bond acceptors (Lipinski definition) is 1. The van der Waals surface area contributed by atoms with Crippen LogP contribution in [0.3, 0.4) is 0 Å². The van der Waals surface area contributed by atoms with Crippen LogP contribution in [0.5, 0.6) is 0 Å². The van der Waals surface area contributed by atoms with Gasteiger partial charge in [0.05, 0.1) is 5.56 Å². The predicted octanol–water partition coefficient (Wildman–Crippen LogP) is 3.46. The van der Waals surface area contributed by atoms with E-state index in [2.05, 4.69) is 16.8 Å². The van der Waals surface area contributed by atoms with Crippen molar-refractivity contribution in [3.63, 3.8) is 0 Å². The highest BCUT2D eigenvalue weighted by Crippen LogP contribution is 2.14. The molecule has 0 unspecified atom stereocenters. The van der Waals surface area contributed by atoms with Crippen molar-refractivity contribution >= 4 is 0 Å². The fourth-order valence-corrected chi connectivity index (χ4v) is 1.51.